The molecule has 0 bridgehead atoms. The van der Waals surface area contributed by atoms with Gasteiger partial charge in [-0.25, -0.2) is 0 Å². The third-order valence-electron chi connectivity index (χ3n) is 2.07. The van der Waals surface area contributed by atoms with Gasteiger partial charge in [0, 0.05) is 22.4 Å². The van der Waals surface area contributed by atoms with Crippen molar-refractivity contribution >= 4 is 29.2 Å². The van der Waals surface area contributed by atoms with Crippen LogP contribution in [0.3, 0.4) is 0 Å². The van der Waals surface area contributed by atoms with Gasteiger partial charge in [-0.1, -0.05) is 35.8 Å². The Morgan fingerprint density at radius 2 is 2.12 bits per heavy atom. The van der Waals surface area contributed by atoms with E-state index in [1.165, 1.54) is 5.56 Å². The SMILES string of the molecule is CC(C/C(N)=N/O)SCc1ccc(Cl)cc1. The summed E-state index contributed by atoms with van der Waals surface area (Å²) in [5, 5.41) is 12.5. The van der Waals surface area contributed by atoms with Crippen molar-refractivity contribution in [2.75, 3.05) is 0 Å². The lowest BCUT2D eigenvalue weighted by Crippen LogP contribution is -2.16. The van der Waals surface area contributed by atoms with E-state index in [0.29, 0.717) is 11.7 Å². The number of nitrogens with zero attached hydrogens (tertiary/aromatic N) is 1. The predicted molar refractivity (Wildman–Crippen MR) is 70.2 cm³/mol. The van der Waals surface area contributed by atoms with E-state index in [2.05, 4.69) is 12.1 Å². The third kappa shape index (κ3) is 4.77. The lowest BCUT2D eigenvalue weighted by molar-refractivity contribution is 0.317. The molecule has 0 saturated carbocycles. The molecule has 3 nitrogen and oxygen atoms in total. The molecule has 5 heteroatoms. The van der Waals surface area contributed by atoms with Crippen molar-refractivity contribution in [2.24, 2.45) is 10.9 Å². The number of thioether (sulfide) groups is 1. The van der Waals surface area contributed by atoms with Crippen LogP contribution in [-0.4, -0.2) is 16.3 Å². The van der Waals surface area contributed by atoms with Crippen molar-refractivity contribution in [3.05, 3.63) is 34.9 Å². The van der Waals surface area contributed by atoms with Gasteiger partial charge in [-0.3, -0.25) is 0 Å². The molecule has 0 aliphatic heterocycles. The molecule has 88 valence electrons. The number of amidine groups is 1. The highest BCUT2D eigenvalue weighted by molar-refractivity contribution is 7.99. The normalized spacial score (nSPS) is 13.8. The van der Waals surface area contributed by atoms with Crippen LogP contribution in [0.25, 0.3) is 0 Å². The van der Waals surface area contributed by atoms with Crippen molar-refractivity contribution < 1.29 is 5.21 Å². The maximum absolute atomic E-state index is 8.44. The highest BCUT2D eigenvalue weighted by Gasteiger charge is 2.06. The molecule has 0 radical (unpaired) electrons. The zero-order valence-corrected chi connectivity index (χ0v) is 10.6. The van der Waals surface area contributed by atoms with Gasteiger partial charge in [-0.15, -0.1) is 0 Å². The first kappa shape index (κ1) is 13.2. The molecule has 1 aromatic rings. The first-order valence-corrected chi connectivity index (χ1v) is 6.37. The van der Waals surface area contributed by atoms with Gasteiger partial charge in [0.05, 0.1) is 0 Å². The minimum atomic E-state index is 0.274. The Labute approximate surface area is 105 Å². The molecule has 1 aromatic carbocycles. The second kappa shape index (κ2) is 6.66. The summed E-state index contributed by atoms with van der Waals surface area (Å²) in [7, 11) is 0. The van der Waals surface area contributed by atoms with E-state index in [1.54, 1.807) is 11.8 Å². The molecule has 0 aromatic heterocycles. The molecule has 3 N–H and O–H groups in total. The van der Waals surface area contributed by atoms with Crippen LogP contribution in [0.2, 0.25) is 5.02 Å². The highest BCUT2D eigenvalue weighted by Crippen LogP contribution is 2.21. The van der Waals surface area contributed by atoms with E-state index in [0.717, 1.165) is 10.8 Å². The molecule has 0 fully saturated rings. The molecule has 16 heavy (non-hydrogen) atoms. The Morgan fingerprint density at radius 3 is 2.69 bits per heavy atom. The second-order valence-corrected chi connectivity index (χ2v) is 5.41. The molecular formula is C11H15ClN2OS. The van der Waals surface area contributed by atoms with Crippen LogP contribution in [0.4, 0.5) is 0 Å². The maximum Gasteiger partial charge on any atom is 0.140 e. The zero-order valence-electron chi connectivity index (χ0n) is 9.06. The van der Waals surface area contributed by atoms with Crippen LogP contribution in [-0.2, 0) is 5.75 Å². The largest absolute Gasteiger partial charge is 0.409 e. The van der Waals surface area contributed by atoms with Crippen molar-refractivity contribution in [1.82, 2.24) is 0 Å². The van der Waals surface area contributed by atoms with E-state index < -0.39 is 0 Å². The van der Waals surface area contributed by atoms with E-state index >= 15 is 0 Å². The summed E-state index contributed by atoms with van der Waals surface area (Å²) < 4.78 is 0. The molecule has 0 heterocycles. The summed E-state index contributed by atoms with van der Waals surface area (Å²) >= 11 is 7.56. The smallest absolute Gasteiger partial charge is 0.140 e. The molecule has 0 spiro atoms. The standard InChI is InChI=1S/C11H15ClN2OS/c1-8(6-11(13)14-15)16-7-9-2-4-10(12)5-3-9/h2-5,8,15H,6-7H2,1H3,(H2,13,14). The quantitative estimate of drug-likeness (QED) is 0.369. The number of nitrogens with two attached hydrogens (primary N) is 1. The number of rotatable bonds is 5. The molecule has 1 unspecified atom stereocenters. The summed E-state index contributed by atoms with van der Waals surface area (Å²) in [5.74, 6) is 1.17. The van der Waals surface area contributed by atoms with E-state index in [1.807, 2.05) is 24.3 Å². The number of benzene rings is 1. The average molecular weight is 259 g/mol. The Kier molecular flexibility index (Phi) is 5.49. The fourth-order valence-corrected chi connectivity index (χ4v) is 2.30. The van der Waals surface area contributed by atoms with Crippen LogP contribution in [0.15, 0.2) is 29.4 Å². The van der Waals surface area contributed by atoms with Crippen LogP contribution >= 0.6 is 23.4 Å². The number of hydrogen-bond donors (Lipinski definition) is 2. The van der Waals surface area contributed by atoms with E-state index in [9.17, 15) is 0 Å². The monoisotopic (exact) mass is 258 g/mol. The third-order valence-corrected chi connectivity index (χ3v) is 3.56. The van der Waals surface area contributed by atoms with Crippen molar-refractivity contribution in [2.45, 2.75) is 24.3 Å². The summed E-state index contributed by atoms with van der Waals surface area (Å²) in [4.78, 5) is 0. The molecule has 0 aliphatic rings. The predicted octanol–water partition coefficient (Wildman–Crippen LogP) is 3.10. The van der Waals surface area contributed by atoms with E-state index in [4.69, 9.17) is 22.5 Å². The van der Waals surface area contributed by atoms with Crippen molar-refractivity contribution in [3.8, 4) is 0 Å². The van der Waals surface area contributed by atoms with Crippen molar-refractivity contribution in [1.29, 1.82) is 0 Å². The lowest BCUT2D eigenvalue weighted by Gasteiger charge is -2.09. The van der Waals surface area contributed by atoms with Crippen LogP contribution in [0, 0.1) is 0 Å². The molecule has 1 atom stereocenters. The highest BCUT2D eigenvalue weighted by atomic mass is 35.5. The molecular weight excluding hydrogens is 244 g/mol. The lowest BCUT2D eigenvalue weighted by atomic mass is 10.2. The van der Waals surface area contributed by atoms with Gasteiger partial charge < -0.3 is 10.9 Å². The number of hydrogen-bond acceptors (Lipinski definition) is 3. The van der Waals surface area contributed by atoms with Gasteiger partial charge in [0.15, 0.2) is 0 Å². The minimum Gasteiger partial charge on any atom is -0.409 e. The summed E-state index contributed by atoms with van der Waals surface area (Å²) in [6, 6.07) is 7.77. The summed E-state index contributed by atoms with van der Waals surface area (Å²) in [6.07, 6.45) is 0.592. The Balaban J connectivity index is 2.37. The number of halogens is 1. The maximum atomic E-state index is 8.44. The average Bonchev–Trinajstić information content (AvgIpc) is 2.28. The molecule has 0 aliphatic carbocycles. The summed E-state index contributed by atoms with van der Waals surface area (Å²) in [6.45, 7) is 2.05. The minimum absolute atomic E-state index is 0.274. The molecule has 0 saturated heterocycles. The zero-order chi connectivity index (χ0) is 12.0. The fourth-order valence-electron chi connectivity index (χ4n) is 1.21. The Hall–Kier alpha value is -0.870. The molecule has 1 rings (SSSR count). The molecule has 0 amide bonds. The van der Waals surface area contributed by atoms with E-state index in [-0.39, 0.29) is 5.84 Å². The van der Waals surface area contributed by atoms with Gasteiger partial charge in [-0.2, -0.15) is 11.8 Å². The van der Waals surface area contributed by atoms with Crippen molar-refractivity contribution in [3.63, 3.8) is 0 Å². The second-order valence-electron chi connectivity index (χ2n) is 3.54. The first-order valence-electron chi connectivity index (χ1n) is 4.94. The van der Waals surface area contributed by atoms with Gasteiger partial charge in [-0.05, 0) is 17.7 Å². The Morgan fingerprint density at radius 1 is 1.50 bits per heavy atom. The first-order chi connectivity index (χ1) is 7.61. The fraction of sp³-hybridized carbons (Fsp3) is 0.364. The van der Waals surface area contributed by atoms with Crippen LogP contribution < -0.4 is 5.73 Å². The van der Waals surface area contributed by atoms with Gasteiger partial charge in [0.25, 0.3) is 0 Å². The topological polar surface area (TPSA) is 58.6 Å². The van der Waals surface area contributed by atoms with Gasteiger partial charge in [0.1, 0.15) is 5.84 Å². The van der Waals surface area contributed by atoms with Crippen LogP contribution in [0.5, 0.6) is 0 Å². The van der Waals surface area contributed by atoms with Gasteiger partial charge >= 0.3 is 0 Å². The van der Waals surface area contributed by atoms with Crippen LogP contribution in [0.1, 0.15) is 18.9 Å². The van der Waals surface area contributed by atoms with Gasteiger partial charge in [0.2, 0.25) is 0 Å². The Bertz CT molecular complexity index is 354. The summed E-state index contributed by atoms with van der Waals surface area (Å²) in [5.41, 5.74) is 6.65. The number of oxime groups is 1.